The van der Waals surface area contributed by atoms with Crippen molar-refractivity contribution in [3.05, 3.63) is 70.5 Å². The summed E-state index contributed by atoms with van der Waals surface area (Å²) in [5, 5.41) is 10.9. The number of halogens is 1. The summed E-state index contributed by atoms with van der Waals surface area (Å²) >= 11 is 0. The molecular weight excluding hydrogens is 239 g/mol. The van der Waals surface area contributed by atoms with Crippen LogP contribution in [0.3, 0.4) is 0 Å². The number of hydrogen-bond acceptors (Lipinski definition) is 1. The molecule has 0 amide bonds. The summed E-state index contributed by atoms with van der Waals surface area (Å²) in [6.45, 7) is 1.92. The van der Waals surface area contributed by atoms with E-state index in [9.17, 15) is 9.50 Å². The summed E-state index contributed by atoms with van der Waals surface area (Å²) in [7, 11) is 0. The molecule has 3 rings (SSSR count). The molecule has 0 saturated carbocycles. The molecule has 0 radical (unpaired) electrons. The average molecular weight is 256 g/mol. The third-order valence-corrected chi connectivity index (χ3v) is 4.03. The predicted octanol–water partition coefficient (Wildman–Crippen LogP) is 3.51. The third-order valence-electron chi connectivity index (χ3n) is 4.03. The summed E-state index contributed by atoms with van der Waals surface area (Å²) in [5.74, 6) is -0.313. The Hall–Kier alpha value is -1.67. The Morgan fingerprint density at radius 1 is 1.11 bits per heavy atom. The Labute approximate surface area is 112 Å². The lowest BCUT2D eigenvalue weighted by Crippen LogP contribution is -2.34. The monoisotopic (exact) mass is 256 g/mol. The van der Waals surface area contributed by atoms with Gasteiger partial charge in [-0.1, -0.05) is 42.0 Å². The number of benzene rings is 2. The first kappa shape index (κ1) is 12.4. The SMILES string of the molecule is Cc1ccc(F)c(C2(O)CCc3ccccc3C2)c1. The zero-order valence-electron chi connectivity index (χ0n) is 11.0. The fraction of sp³-hybridized carbons (Fsp3) is 0.294. The van der Waals surface area contributed by atoms with Crippen LogP contribution in [0.2, 0.25) is 0 Å². The van der Waals surface area contributed by atoms with Crippen LogP contribution < -0.4 is 0 Å². The molecule has 19 heavy (non-hydrogen) atoms. The first-order chi connectivity index (χ1) is 9.08. The van der Waals surface area contributed by atoms with Crippen molar-refractivity contribution in [2.24, 2.45) is 0 Å². The van der Waals surface area contributed by atoms with Gasteiger partial charge in [0.05, 0.1) is 5.60 Å². The number of aliphatic hydroxyl groups is 1. The van der Waals surface area contributed by atoms with Crippen LogP contribution in [0.5, 0.6) is 0 Å². The van der Waals surface area contributed by atoms with Crippen LogP contribution >= 0.6 is 0 Å². The molecule has 0 bridgehead atoms. The van der Waals surface area contributed by atoms with Crippen molar-refractivity contribution in [2.75, 3.05) is 0 Å². The fourth-order valence-corrected chi connectivity index (χ4v) is 2.94. The van der Waals surface area contributed by atoms with Gasteiger partial charge in [-0.15, -0.1) is 0 Å². The molecule has 0 aliphatic heterocycles. The second kappa shape index (κ2) is 4.46. The molecule has 1 aliphatic carbocycles. The highest BCUT2D eigenvalue weighted by molar-refractivity contribution is 5.37. The first-order valence-electron chi connectivity index (χ1n) is 6.64. The number of fused-ring (bicyclic) bond motifs is 1. The van der Waals surface area contributed by atoms with Gasteiger partial charge in [0, 0.05) is 12.0 Å². The van der Waals surface area contributed by atoms with Gasteiger partial charge in [0.25, 0.3) is 0 Å². The minimum Gasteiger partial charge on any atom is -0.385 e. The van der Waals surface area contributed by atoms with Crippen LogP contribution in [0.25, 0.3) is 0 Å². The first-order valence-corrected chi connectivity index (χ1v) is 6.64. The third kappa shape index (κ3) is 2.17. The van der Waals surface area contributed by atoms with Gasteiger partial charge >= 0.3 is 0 Å². The maximum absolute atomic E-state index is 14.0. The van der Waals surface area contributed by atoms with Crippen LogP contribution in [-0.4, -0.2) is 5.11 Å². The van der Waals surface area contributed by atoms with Crippen LogP contribution in [0.1, 0.15) is 28.7 Å². The molecule has 98 valence electrons. The molecule has 2 aromatic carbocycles. The summed E-state index contributed by atoms with van der Waals surface area (Å²) in [6, 6.07) is 13.0. The smallest absolute Gasteiger partial charge is 0.129 e. The second-order valence-electron chi connectivity index (χ2n) is 5.46. The van der Waals surface area contributed by atoms with E-state index < -0.39 is 5.60 Å². The number of hydrogen-bond donors (Lipinski definition) is 1. The van der Waals surface area contributed by atoms with Crippen molar-refractivity contribution >= 4 is 0 Å². The van der Waals surface area contributed by atoms with E-state index in [1.165, 1.54) is 11.6 Å². The Morgan fingerprint density at radius 2 is 1.84 bits per heavy atom. The van der Waals surface area contributed by atoms with Gasteiger partial charge < -0.3 is 5.11 Å². The molecule has 0 saturated heterocycles. The normalized spacial score (nSPS) is 22.1. The highest BCUT2D eigenvalue weighted by Gasteiger charge is 2.35. The zero-order chi connectivity index (χ0) is 13.5. The number of aryl methyl sites for hydroxylation is 2. The largest absolute Gasteiger partial charge is 0.385 e. The molecule has 2 aromatic rings. The summed E-state index contributed by atoms with van der Waals surface area (Å²) in [4.78, 5) is 0. The maximum atomic E-state index is 14.0. The van der Waals surface area contributed by atoms with Gasteiger partial charge in [-0.3, -0.25) is 0 Å². The predicted molar refractivity (Wildman–Crippen MR) is 73.5 cm³/mol. The molecule has 1 N–H and O–H groups in total. The Morgan fingerprint density at radius 3 is 2.63 bits per heavy atom. The highest BCUT2D eigenvalue weighted by Crippen LogP contribution is 2.37. The van der Waals surface area contributed by atoms with Crippen LogP contribution in [0, 0.1) is 12.7 Å². The molecule has 1 aliphatic rings. The van der Waals surface area contributed by atoms with Crippen molar-refractivity contribution in [3.8, 4) is 0 Å². The second-order valence-corrected chi connectivity index (χ2v) is 5.46. The molecule has 1 atom stereocenters. The van der Waals surface area contributed by atoms with E-state index in [1.807, 2.05) is 25.1 Å². The molecule has 1 unspecified atom stereocenters. The minimum atomic E-state index is -1.08. The summed E-state index contributed by atoms with van der Waals surface area (Å²) < 4.78 is 14.0. The van der Waals surface area contributed by atoms with Gasteiger partial charge in [-0.25, -0.2) is 4.39 Å². The lowest BCUT2D eigenvalue weighted by Gasteiger charge is -2.34. The van der Waals surface area contributed by atoms with Crippen molar-refractivity contribution in [2.45, 2.75) is 31.8 Å². The van der Waals surface area contributed by atoms with E-state index in [0.717, 1.165) is 17.5 Å². The van der Waals surface area contributed by atoms with Gasteiger partial charge in [0.15, 0.2) is 0 Å². The van der Waals surface area contributed by atoms with E-state index in [4.69, 9.17) is 0 Å². The van der Waals surface area contributed by atoms with E-state index in [0.29, 0.717) is 18.4 Å². The molecular formula is C17H17FO. The van der Waals surface area contributed by atoms with Crippen molar-refractivity contribution < 1.29 is 9.50 Å². The maximum Gasteiger partial charge on any atom is 0.129 e. The molecule has 0 heterocycles. The minimum absolute atomic E-state index is 0.313. The van der Waals surface area contributed by atoms with E-state index in [1.54, 1.807) is 12.1 Å². The van der Waals surface area contributed by atoms with Crippen LogP contribution in [-0.2, 0) is 18.4 Å². The number of rotatable bonds is 1. The standard InChI is InChI=1S/C17H17FO/c1-12-6-7-16(18)15(10-12)17(19)9-8-13-4-2-3-5-14(13)11-17/h2-7,10,19H,8-9,11H2,1H3. The van der Waals surface area contributed by atoms with Gasteiger partial charge in [-0.2, -0.15) is 0 Å². The van der Waals surface area contributed by atoms with Crippen molar-refractivity contribution in [1.82, 2.24) is 0 Å². The van der Waals surface area contributed by atoms with Crippen LogP contribution in [0.15, 0.2) is 42.5 Å². The van der Waals surface area contributed by atoms with Crippen LogP contribution in [0.4, 0.5) is 4.39 Å². The Balaban J connectivity index is 2.04. The van der Waals surface area contributed by atoms with E-state index >= 15 is 0 Å². The van der Waals surface area contributed by atoms with E-state index in [2.05, 4.69) is 6.07 Å². The van der Waals surface area contributed by atoms with Crippen molar-refractivity contribution in [3.63, 3.8) is 0 Å². The summed E-state index contributed by atoms with van der Waals surface area (Å²) in [5.41, 5.74) is 2.72. The summed E-state index contributed by atoms with van der Waals surface area (Å²) in [6.07, 6.45) is 1.86. The molecule has 0 fully saturated rings. The van der Waals surface area contributed by atoms with Gasteiger partial charge in [0.1, 0.15) is 5.82 Å². The van der Waals surface area contributed by atoms with Gasteiger partial charge in [0.2, 0.25) is 0 Å². The van der Waals surface area contributed by atoms with Gasteiger partial charge in [-0.05, 0) is 37.0 Å². The molecule has 0 aromatic heterocycles. The van der Waals surface area contributed by atoms with Crippen molar-refractivity contribution in [1.29, 1.82) is 0 Å². The Bertz CT molecular complexity index is 620. The zero-order valence-corrected chi connectivity index (χ0v) is 11.0. The topological polar surface area (TPSA) is 20.2 Å². The highest BCUT2D eigenvalue weighted by atomic mass is 19.1. The molecule has 0 spiro atoms. The lowest BCUT2D eigenvalue weighted by atomic mass is 9.76. The lowest BCUT2D eigenvalue weighted by molar-refractivity contribution is 0.0188. The quantitative estimate of drug-likeness (QED) is 0.827. The molecule has 1 nitrogen and oxygen atoms in total. The van der Waals surface area contributed by atoms with E-state index in [-0.39, 0.29) is 5.82 Å². The Kier molecular flexibility index (Phi) is 2.90. The fourth-order valence-electron chi connectivity index (χ4n) is 2.94. The average Bonchev–Trinajstić information content (AvgIpc) is 2.41. The molecule has 2 heteroatoms.